The monoisotopic (exact) mass is 333 g/mol. The fraction of sp³-hybridized carbons (Fsp3) is 0.167. The fourth-order valence-electron chi connectivity index (χ4n) is 1.44. The average Bonchev–Trinajstić information content (AvgIpc) is 2.85. The zero-order valence-electron chi connectivity index (χ0n) is 9.20. The molecule has 96 valence electrons. The standard InChI is InChI=1S/C12H10BrClFNO2/c13-7-4-8(14)11(5-9(7)15)18-12(6-16)10-2-1-3-17-10/h1-5,12H,6,16H2. The van der Waals surface area contributed by atoms with E-state index < -0.39 is 11.9 Å². The van der Waals surface area contributed by atoms with Crippen LogP contribution in [-0.2, 0) is 0 Å². The number of ether oxygens (including phenoxy) is 1. The largest absolute Gasteiger partial charge is 0.479 e. The Kier molecular flexibility index (Phi) is 4.27. The van der Waals surface area contributed by atoms with Crippen LogP contribution in [-0.4, -0.2) is 6.54 Å². The summed E-state index contributed by atoms with van der Waals surface area (Å²) in [4.78, 5) is 0. The Hall–Kier alpha value is -1.04. The van der Waals surface area contributed by atoms with Gasteiger partial charge in [0.15, 0.2) is 6.10 Å². The second kappa shape index (κ2) is 5.73. The minimum atomic E-state index is -0.502. The van der Waals surface area contributed by atoms with Gasteiger partial charge in [-0.15, -0.1) is 0 Å². The van der Waals surface area contributed by atoms with Gasteiger partial charge in [0.25, 0.3) is 0 Å². The molecule has 3 nitrogen and oxygen atoms in total. The maximum absolute atomic E-state index is 13.4. The second-order valence-electron chi connectivity index (χ2n) is 3.55. The van der Waals surface area contributed by atoms with Gasteiger partial charge in [-0.25, -0.2) is 4.39 Å². The lowest BCUT2D eigenvalue weighted by molar-refractivity contribution is 0.183. The number of nitrogens with two attached hydrogens (primary N) is 1. The highest BCUT2D eigenvalue weighted by Crippen LogP contribution is 2.33. The predicted octanol–water partition coefficient (Wildman–Crippen LogP) is 3.91. The van der Waals surface area contributed by atoms with Crippen molar-refractivity contribution in [3.8, 4) is 5.75 Å². The molecule has 0 fully saturated rings. The molecule has 1 unspecified atom stereocenters. The molecule has 0 saturated heterocycles. The van der Waals surface area contributed by atoms with E-state index in [2.05, 4.69) is 15.9 Å². The van der Waals surface area contributed by atoms with Crippen LogP contribution in [0.15, 0.2) is 39.4 Å². The van der Waals surface area contributed by atoms with E-state index in [1.165, 1.54) is 18.4 Å². The zero-order chi connectivity index (χ0) is 13.1. The summed E-state index contributed by atoms with van der Waals surface area (Å²) in [6.45, 7) is 0.196. The number of hydrogen-bond acceptors (Lipinski definition) is 3. The number of furan rings is 1. The van der Waals surface area contributed by atoms with Crippen LogP contribution in [0, 0.1) is 5.82 Å². The molecule has 0 radical (unpaired) electrons. The van der Waals surface area contributed by atoms with E-state index >= 15 is 0 Å². The van der Waals surface area contributed by atoms with Gasteiger partial charge >= 0.3 is 0 Å². The minimum absolute atomic E-state index is 0.196. The summed E-state index contributed by atoms with van der Waals surface area (Å²) in [7, 11) is 0. The molecule has 0 spiro atoms. The molecule has 0 aliphatic heterocycles. The molecule has 1 aromatic heterocycles. The third-order valence-electron chi connectivity index (χ3n) is 2.32. The summed E-state index contributed by atoms with van der Waals surface area (Å²) in [5.41, 5.74) is 5.60. The molecule has 18 heavy (non-hydrogen) atoms. The number of rotatable bonds is 4. The van der Waals surface area contributed by atoms with Crippen molar-refractivity contribution < 1.29 is 13.5 Å². The van der Waals surface area contributed by atoms with E-state index in [9.17, 15) is 4.39 Å². The van der Waals surface area contributed by atoms with Crippen molar-refractivity contribution in [2.45, 2.75) is 6.10 Å². The van der Waals surface area contributed by atoms with Gasteiger partial charge < -0.3 is 14.9 Å². The molecule has 1 heterocycles. The topological polar surface area (TPSA) is 48.4 Å². The Morgan fingerprint density at radius 2 is 2.28 bits per heavy atom. The van der Waals surface area contributed by atoms with Gasteiger partial charge in [0.2, 0.25) is 0 Å². The lowest BCUT2D eigenvalue weighted by Crippen LogP contribution is -2.18. The first-order chi connectivity index (χ1) is 8.61. The first-order valence-electron chi connectivity index (χ1n) is 5.16. The van der Waals surface area contributed by atoms with Crippen LogP contribution in [0.5, 0.6) is 5.75 Å². The molecule has 0 aliphatic rings. The van der Waals surface area contributed by atoms with Gasteiger partial charge in [-0.3, -0.25) is 0 Å². The smallest absolute Gasteiger partial charge is 0.168 e. The Balaban J connectivity index is 2.25. The number of hydrogen-bond donors (Lipinski definition) is 1. The molecular formula is C12H10BrClFNO2. The summed E-state index contributed by atoms with van der Waals surface area (Å²) in [6, 6.07) is 6.10. The lowest BCUT2D eigenvalue weighted by atomic mass is 10.2. The normalized spacial score (nSPS) is 12.4. The van der Waals surface area contributed by atoms with E-state index in [0.717, 1.165) is 0 Å². The second-order valence-corrected chi connectivity index (χ2v) is 4.82. The van der Waals surface area contributed by atoms with Crippen LogP contribution < -0.4 is 10.5 Å². The van der Waals surface area contributed by atoms with Gasteiger partial charge in [-0.2, -0.15) is 0 Å². The van der Waals surface area contributed by atoms with Crippen LogP contribution in [0.1, 0.15) is 11.9 Å². The van der Waals surface area contributed by atoms with Crippen LogP contribution in [0.25, 0.3) is 0 Å². The molecular weight excluding hydrogens is 324 g/mol. The molecule has 6 heteroatoms. The Morgan fingerprint density at radius 3 is 2.89 bits per heavy atom. The molecule has 0 aliphatic carbocycles. The summed E-state index contributed by atoms with van der Waals surface area (Å²) in [6.07, 6.45) is 1.02. The summed E-state index contributed by atoms with van der Waals surface area (Å²) in [5.74, 6) is 0.339. The van der Waals surface area contributed by atoms with Crippen LogP contribution in [0.2, 0.25) is 5.02 Å². The summed E-state index contributed by atoms with van der Waals surface area (Å²) >= 11 is 9.01. The van der Waals surface area contributed by atoms with Crippen molar-refractivity contribution in [1.82, 2.24) is 0 Å². The number of benzene rings is 1. The van der Waals surface area contributed by atoms with Gasteiger partial charge in [0.05, 0.1) is 15.8 Å². The molecule has 2 rings (SSSR count). The molecule has 0 bridgehead atoms. The fourth-order valence-corrected chi connectivity index (χ4v) is 2.13. The highest BCUT2D eigenvalue weighted by molar-refractivity contribution is 9.10. The van der Waals surface area contributed by atoms with Crippen molar-refractivity contribution in [2.24, 2.45) is 5.73 Å². The molecule has 1 atom stereocenters. The zero-order valence-corrected chi connectivity index (χ0v) is 11.5. The molecule has 2 aromatic rings. The highest BCUT2D eigenvalue weighted by atomic mass is 79.9. The lowest BCUT2D eigenvalue weighted by Gasteiger charge is -2.16. The number of halogens is 3. The van der Waals surface area contributed by atoms with Crippen molar-refractivity contribution >= 4 is 27.5 Å². The average molecular weight is 335 g/mol. The van der Waals surface area contributed by atoms with Crippen LogP contribution in [0.3, 0.4) is 0 Å². The van der Waals surface area contributed by atoms with E-state index in [1.807, 2.05) is 0 Å². The quantitative estimate of drug-likeness (QED) is 0.862. The van der Waals surface area contributed by atoms with Crippen molar-refractivity contribution in [3.63, 3.8) is 0 Å². The summed E-state index contributed by atoms with van der Waals surface area (Å²) in [5, 5.41) is 0.299. The van der Waals surface area contributed by atoms with E-state index in [0.29, 0.717) is 10.8 Å². The molecule has 0 saturated carbocycles. The Morgan fingerprint density at radius 1 is 1.50 bits per heavy atom. The SMILES string of the molecule is NCC(Oc1cc(F)c(Br)cc1Cl)c1ccco1. The first-order valence-corrected chi connectivity index (χ1v) is 6.33. The Bertz CT molecular complexity index is 533. The van der Waals surface area contributed by atoms with E-state index in [-0.39, 0.29) is 16.8 Å². The predicted molar refractivity (Wildman–Crippen MR) is 70.2 cm³/mol. The van der Waals surface area contributed by atoms with E-state index in [4.69, 9.17) is 26.5 Å². The van der Waals surface area contributed by atoms with Crippen molar-refractivity contribution in [3.05, 3.63) is 51.6 Å². The minimum Gasteiger partial charge on any atom is -0.479 e. The molecule has 1 aromatic carbocycles. The van der Waals surface area contributed by atoms with Gasteiger partial charge in [-0.1, -0.05) is 11.6 Å². The third-order valence-corrected chi connectivity index (χ3v) is 3.22. The molecule has 2 N–H and O–H groups in total. The molecule has 0 amide bonds. The van der Waals surface area contributed by atoms with Gasteiger partial charge in [0, 0.05) is 12.6 Å². The Labute approximate surface area is 117 Å². The van der Waals surface area contributed by atoms with Gasteiger partial charge in [-0.05, 0) is 34.1 Å². The van der Waals surface area contributed by atoms with Crippen molar-refractivity contribution in [1.29, 1.82) is 0 Å². The van der Waals surface area contributed by atoms with Crippen LogP contribution >= 0.6 is 27.5 Å². The van der Waals surface area contributed by atoms with E-state index in [1.54, 1.807) is 12.1 Å². The van der Waals surface area contributed by atoms with Crippen LogP contribution in [0.4, 0.5) is 4.39 Å². The van der Waals surface area contributed by atoms with Crippen molar-refractivity contribution in [2.75, 3.05) is 6.54 Å². The first kappa shape index (κ1) is 13.4. The summed E-state index contributed by atoms with van der Waals surface area (Å²) < 4.78 is 24.5. The highest BCUT2D eigenvalue weighted by Gasteiger charge is 2.17. The van der Waals surface area contributed by atoms with Gasteiger partial charge in [0.1, 0.15) is 17.3 Å². The third kappa shape index (κ3) is 2.85. The maximum atomic E-state index is 13.4. The maximum Gasteiger partial charge on any atom is 0.168 e.